The number of benzene rings is 1. The highest BCUT2D eigenvalue weighted by Crippen LogP contribution is 2.33. The lowest BCUT2D eigenvalue weighted by molar-refractivity contribution is -0.154. The number of aliphatic carboxylic acids is 2. The van der Waals surface area contributed by atoms with Gasteiger partial charge in [-0.3, -0.25) is 19.3 Å². The van der Waals surface area contributed by atoms with Crippen molar-refractivity contribution in [2.75, 3.05) is 6.54 Å². The summed E-state index contributed by atoms with van der Waals surface area (Å²) in [6, 6.07) is 8.02. The number of rotatable bonds is 9. The lowest BCUT2D eigenvalue weighted by atomic mass is 10.0. The highest BCUT2D eigenvalue weighted by atomic mass is 32.2. The molecule has 1 aliphatic rings. The molecule has 0 unspecified atom stereocenters. The number of carboxylic acid groups (broad SMARTS) is 2. The van der Waals surface area contributed by atoms with Gasteiger partial charge in [0.2, 0.25) is 0 Å². The average molecular weight is 422 g/mol. The van der Waals surface area contributed by atoms with E-state index in [1.807, 2.05) is 30.3 Å². The van der Waals surface area contributed by atoms with Gasteiger partial charge in [0.05, 0.1) is 4.91 Å². The van der Waals surface area contributed by atoms with Crippen molar-refractivity contribution in [3.63, 3.8) is 0 Å². The van der Waals surface area contributed by atoms with Crippen LogP contribution in [0.4, 0.5) is 0 Å². The SMILES string of the molecule is CC(C)c1ccc(C=C2SC(=S)N(CCCCC(C(=O)O)C(=O)O)C2=O)cc1. The van der Waals surface area contributed by atoms with Gasteiger partial charge in [-0.2, -0.15) is 0 Å². The third-order valence-electron chi connectivity index (χ3n) is 4.50. The zero-order valence-electron chi connectivity index (χ0n) is 15.8. The Morgan fingerprint density at radius 2 is 1.75 bits per heavy atom. The molecule has 1 aromatic carbocycles. The molecular formula is C20H23NO5S2. The molecule has 2 rings (SSSR count). The monoisotopic (exact) mass is 421 g/mol. The van der Waals surface area contributed by atoms with E-state index in [-0.39, 0.29) is 12.3 Å². The van der Waals surface area contributed by atoms with Crippen LogP contribution in [0.1, 0.15) is 50.2 Å². The van der Waals surface area contributed by atoms with Crippen molar-refractivity contribution < 1.29 is 24.6 Å². The van der Waals surface area contributed by atoms with E-state index >= 15 is 0 Å². The van der Waals surface area contributed by atoms with E-state index < -0.39 is 17.9 Å². The van der Waals surface area contributed by atoms with Crippen LogP contribution in [0.25, 0.3) is 6.08 Å². The number of unbranched alkanes of at least 4 members (excludes halogenated alkanes) is 1. The fourth-order valence-corrected chi connectivity index (χ4v) is 4.10. The highest BCUT2D eigenvalue weighted by Gasteiger charge is 2.32. The molecule has 1 heterocycles. The smallest absolute Gasteiger partial charge is 0.317 e. The lowest BCUT2D eigenvalue weighted by Crippen LogP contribution is -2.29. The topological polar surface area (TPSA) is 94.9 Å². The van der Waals surface area contributed by atoms with Gasteiger partial charge in [-0.25, -0.2) is 0 Å². The lowest BCUT2D eigenvalue weighted by Gasteiger charge is -2.14. The van der Waals surface area contributed by atoms with Crippen LogP contribution >= 0.6 is 24.0 Å². The number of carbonyl (C=O) groups is 3. The molecule has 0 bridgehead atoms. The summed E-state index contributed by atoms with van der Waals surface area (Å²) in [5, 5.41) is 17.8. The Kier molecular flexibility index (Phi) is 7.77. The molecule has 0 saturated carbocycles. The van der Waals surface area contributed by atoms with Crippen molar-refractivity contribution in [3.8, 4) is 0 Å². The Morgan fingerprint density at radius 3 is 2.29 bits per heavy atom. The molecule has 28 heavy (non-hydrogen) atoms. The number of carboxylic acids is 2. The molecule has 0 atom stereocenters. The zero-order valence-corrected chi connectivity index (χ0v) is 17.4. The minimum absolute atomic E-state index is 0.0253. The first-order chi connectivity index (χ1) is 13.2. The molecule has 1 amide bonds. The summed E-state index contributed by atoms with van der Waals surface area (Å²) in [6.07, 6.45) is 2.71. The molecule has 2 N–H and O–H groups in total. The van der Waals surface area contributed by atoms with Crippen LogP contribution in [0, 0.1) is 5.92 Å². The molecule has 0 radical (unpaired) electrons. The van der Waals surface area contributed by atoms with Gasteiger partial charge in [-0.1, -0.05) is 68.5 Å². The first kappa shape index (κ1) is 22.1. The number of hydrogen-bond donors (Lipinski definition) is 2. The molecule has 8 heteroatoms. The minimum Gasteiger partial charge on any atom is -0.481 e. The number of amides is 1. The Bertz CT molecular complexity index is 787. The van der Waals surface area contributed by atoms with Crippen LogP contribution in [0.3, 0.4) is 0 Å². The van der Waals surface area contributed by atoms with E-state index in [9.17, 15) is 14.4 Å². The number of nitrogens with zero attached hydrogens (tertiary/aromatic N) is 1. The van der Waals surface area contributed by atoms with Crippen molar-refractivity contribution in [1.29, 1.82) is 0 Å². The fourth-order valence-electron chi connectivity index (χ4n) is 2.79. The molecule has 0 aliphatic carbocycles. The first-order valence-corrected chi connectivity index (χ1v) is 10.2. The summed E-state index contributed by atoms with van der Waals surface area (Å²) in [6.45, 7) is 4.59. The molecular weight excluding hydrogens is 398 g/mol. The quantitative estimate of drug-likeness (QED) is 0.270. The first-order valence-electron chi connectivity index (χ1n) is 9.01. The van der Waals surface area contributed by atoms with Gasteiger partial charge in [-0.05, 0) is 36.0 Å². The molecule has 6 nitrogen and oxygen atoms in total. The van der Waals surface area contributed by atoms with Gasteiger partial charge in [0.15, 0.2) is 5.92 Å². The number of carbonyl (C=O) groups excluding carboxylic acids is 1. The fraction of sp³-hybridized carbons (Fsp3) is 0.400. The van der Waals surface area contributed by atoms with Crippen molar-refractivity contribution in [1.82, 2.24) is 4.90 Å². The number of hydrogen-bond acceptors (Lipinski definition) is 5. The maximum Gasteiger partial charge on any atom is 0.317 e. The van der Waals surface area contributed by atoms with E-state index in [4.69, 9.17) is 22.4 Å². The van der Waals surface area contributed by atoms with E-state index in [0.717, 1.165) is 5.56 Å². The zero-order chi connectivity index (χ0) is 20.8. The maximum absolute atomic E-state index is 12.6. The van der Waals surface area contributed by atoms with Gasteiger partial charge in [0.1, 0.15) is 4.32 Å². The Balaban J connectivity index is 1.94. The maximum atomic E-state index is 12.6. The van der Waals surface area contributed by atoms with E-state index in [2.05, 4.69) is 13.8 Å². The van der Waals surface area contributed by atoms with Gasteiger partial charge in [0, 0.05) is 6.54 Å². The van der Waals surface area contributed by atoms with Crippen LogP contribution in [-0.2, 0) is 14.4 Å². The second kappa shape index (κ2) is 9.84. The summed E-state index contributed by atoms with van der Waals surface area (Å²) in [5.41, 5.74) is 2.15. The molecule has 1 aliphatic heterocycles. The third kappa shape index (κ3) is 5.65. The van der Waals surface area contributed by atoms with Crippen LogP contribution in [0.2, 0.25) is 0 Å². The Labute approximate surface area is 173 Å². The van der Waals surface area contributed by atoms with E-state index in [1.165, 1.54) is 22.2 Å². The van der Waals surface area contributed by atoms with E-state index in [0.29, 0.717) is 34.5 Å². The van der Waals surface area contributed by atoms with Crippen molar-refractivity contribution >= 4 is 52.2 Å². The molecule has 0 spiro atoms. The molecule has 150 valence electrons. The summed E-state index contributed by atoms with van der Waals surface area (Å²) in [7, 11) is 0. The van der Waals surface area contributed by atoms with Crippen LogP contribution < -0.4 is 0 Å². The van der Waals surface area contributed by atoms with E-state index in [1.54, 1.807) is 0 Å². The Morgan fingerprint density at radius 1 is 1.14 bits per heavy atom. The van der Waals surface area contributed by atoms with Gasteiger partial charge in [-0.15, -0.1) is 0 Å². The standard InChI is InChI=1S/C20H23NO5S2/c1-12(2)14-8-6-13(7-9-14)11-16-17(22)21(20(27)28-16)10-4-3-5-15(18(23)24)19(25)26/h6-9,11-12,15H,3-5,10H2,1-2H3,(H,23,24)(H,25,26). The summed E-state index contributed by atoms with van der Waals surface area (Å²) < 4.78 is 0.461. The predicted octanol–water partition coefficient (Wildman–Crippen LogP) is 3.97. The van der Waals surface area contributed by atoms with Crippen LogP contribution in [0.15, 0.2) is 29.2 Å². The summed E-state index contributed by atoms with van der Waals surface area (Å²) in [4.78, 5) is 36.4. The predicted molar refractivity (Wildman–Crippen MR) is 113 cm³/mol. The van der Waals surface area contributed by atoms with Crippen LogP contribution in [-0.4, -0.2) is 43.8 Å². The molecule has 1 fully saturated rings. The molecule has 0 aromatic heterocycles. The largest absolute Gasteiger partial charge is 0.481 e. The van der Waals surface area contributed by atoms with Gasteiger partial charge < -0.3 is 10.2 Å². The molecule has 1 aromatic rings. The average Bonchev–Trinajstić information content (AvgIpc) is 2.88. The minimum atomic E-state index is -1.42. The van der Waals surface area contributed by atoms with Crippen molar-refractivity contribution in [2.45, 2.75) is 39.0 Å². The van der Waals surface area contributed by atoms with Crippen molar-refractivity contribution in [2.24, 2.45) is 5.92 Å². The van der Waals surface area contributed by atoms with Crippen LogP contribution in [0.5, 0.6) is 0 Å². The summed E-state index contributed by atoms with van der Waals surface area (Å²) >= 11 is 6.53. The summed E-state index contributed by atoms with van der Waals surface area (Å²) in [5.74, 6) is -3.83. The number of thioether (sulfide) groups is 1. The normalized spacial score (nSPS) is 15.9. The third-order valence-corrected chi connectivity index (χ3v) is 5.87. The second-order valence-electron chi connectivity index (χ2n) is 6.88. The van der Waals surface area contributed by atoms with Crippen molar-refractivity contribution in [3.05, 3.63) is 40.3 Å². The van der Waals surface area contributed by atoms with Gasteiger partial charge >= 0.3 is 11.9 Å². The Hall–Kier alpha value is -2.19. The van der Waals surface area contributed by atoms with Gasteiger partial charge in [0.25, 0.3) is 5.91 Å². The highest BCUT2D eigenvalue weighted by molar-refractivity contribution is 8.26. The second-order valence-corrected chi connectivity index (χ2v) is 8.56. The molecule has 1 saturated heterocycles. The number of thiocarbonyl (C=S) groups is 1.